The van der Waals surface area contributed by atoms with Crippen LogP contribution in [0.25, 0.3) is 11.5 Å². The van der Waals surface area contributed by atoms with E-state index >= 15 is 0 Å². The van der Waals surface area contributed by atoms with Crippen molar-refractivity contribution in [3.8, 4) is 11.5 Å². The maximum Gasteiger partial charge on any atom is 0.227 e. The third-order valence-electron chi connectivity index (χ3n) is 3.35. The van der Waals surface area contributed by atoms with Gasteiger partial charge in [0, 0.05) is 6.42 Å². The molecule has 5 nitrogen and oxygen atoms in total. The third kappa shape index (κ3) is 2.96. The molecular formula is C13H15FN4O. The Labute approximate surface area is 110 Å². The molecule has 0 aliphatic carbocycles. The molecule has 0 spiro atoms. The van der Waals surface area contributed by atoms with Crippen molar-refractivity contribution in [2.24, 2.45) is 5.92 Å². The zero-order valence-corrected chi connectivity index (χ0v) is 10.5. The number of aryl methyl sites for hydroxylation is 1. The largest absolute Gasteiger partial charge is 0.339 e. The SMILES string of the molecule is Fc1ccc(-c2noc(CCC3CCNC3)n2)nc1. The van der Waals surface area contributed by atoms with Gasteiger partial charge >= 0.3 is 0 Å². The molecule has 1 aliphatic rings. The molecule has 3 rings (SSSR count). The highest BCUT2D eigenvalue weighted by Gasteiger charge is 2.16. The summed E-state index contributed by atoms with van der Waals surface area (Å²) < 4.78 is 18.0. The van der Waals surface area contributed by atoms with Crippen LogP contribution in [0.15, 0.2) is 22.9 Å². The van der Waals surface area contributed by atoms with Gasteiger partial charge in [-0.2, -0.15) is 4.98 Å². The van der Waals surface area contributed by atoms with Crippen LogP contribution in [0.1, 0.15) is 18.7 Å². The molecule has 1 aliphatic heterocycles. The van der Waals surface area contributed by atoms with E-state index in [4.69, 9.17) is 4.52 Å². The molecule has 100 valence electrons. The Kier molecular flexibility index (Phi) is 3.50. The number of pyridine rings is 1. The number of hydrogen-bond acceptors (Lipinski definition) is 5. The number of halogens is 1. The van der Waals surface area contributed by atoms with Crippen molar-refractivity contribution in [3.63, 3.8) is 0 Å². The van der Waals surface area contributed by atoms with Gasteiger partial charge in [0.2, 0.25) is 11.7 Å². The smallest absolute Gasteiger partial charge is 0.227 e. The fraction of sp³-hybridized carbons (Fsp3) is 0.462. The lowest BCUT2D eigenvalue weighted by Crippen LogP contribution is -2.09. The van der Waals surface area contributed by atoms with Gasteiger partial charge in [0.1, 0.15) is 11.5 Å². The number of rotatable bonds is 4. The van der Waals surface area contributed by atoms with Crippen LogP contribution in [-0.4, -0.2) is 28.2 Å². The minimum absolute atomic E-state index is 0.374. The van der Waals surface area contributed by atoms with Crippen molar-refractivity contribution in [3.05, 3.63) is 30.0 Å². The summed E-state index contributed by atoms with van der Waals surface area (Å²) in [5.74, 6) is 1.35. The average Bonchev–Trinajstić information content (AvgIpc) is 3.09. The molecule has 0 aromatic carbocycles. The van der Waals surface area contributed by atoms with E-state index in [9.17, 15) is 4.39 Å². The van der Waals surface area contributed by atoms with Crippen LogP contribution in [0.4, 0.5) is 4.39 Å². The number of hydrogen-bond donors (Lipinski definition) is 1. The molecule has 3 heterocycles. The van der Waals surface area contributed by atoms with Gasteiger partial charge in [0.15, 0.2) is 0 Å². The lowest BCUT2D eigenvalue weighted by molar-refractivity contribution is 0.365. The van der Waals surface area contributed by atoms with Crippen molar-refractivity contribution in [2.75, 3.05) is 13.1 Å². The molecule has 1 saturated heterocycles. The lowest BCUT2D eigenvalue weighted by atomic mass is 10.0. The number of nitrogens with zero attached hydrogens (tertiary/aromatic N) is 3. The Morgan fingerprint density at radius 3 is 3.11 bits per heavy atom. The van der Waals surface area contributed by atoms with E-state index in [1.807, 2.05) is 0 Å². The first-order valence-corrected chi connectivity index (χ1v) is 6.46. The summed E-state index contributed by atoms with van der Waals surface area (Å²) in [7, 11) is 0. The normalized spacial score (nSPS) is 18.9. The molecule has 1 atom stereocenters. The topological polar surface area (TPSA) is 63.8 Å². The molecule has 1 N–H and O–H groups in total. The van der Waals surface area contributed by atoms with Gasteiger partial charge in [-0.05, 0) is 44.0 Å². The second-order valence-corrected chi connectivity index (χ2v) is 4.77. The summed E-state index contributed by atoms with van der Waals surface area (Å²) in [4.78, 5) is 8.22. The van der Waals surface area contributed by atoms with Crippen LogP contribution in [0, 0.1) is 11.7 Å². The van der Waals surface area contributed by atoms with E-state index in [1.54, 1.807) is 6.07 Å². The molecule has 19 heavy (non-hydrogen) atoms. The third-order valence-corrected chi connectivity index (χ3v) is 3.35. The van der Waals surface area contributed by atoms with Crippen LogP contribution < -0.4 is 5.32 Å². The van der Waals surface area contributed by atoms with Crippen LogP contribution >= 0.6 is 0 Å². The minimum atomic E-state index is -0.374. The Hall–Kier alpha value is -1.82. The monoisotopic (exact) mass is 262 g/mol. The standard InChI is InChI=1S/C13H15FN4O/c14-10-2-3-11(16-8-10)13-17-12(19-18-13)4-1-9-5-6-15-7-9/h2-3,8-9,15H,1,4-7H2. The zero-order valence-electron chi connectivity index (χ0n) is 10.5. The van der Waals surface area contributed by atoms with Gasteiger partial charge in [-0.25, -0.2) is 9.37 Å². The molecule has 0 saturated carbocycles. The maximum absolute atomic E-state index is 12.8. The first-order valence-electron chi connectivity index (χ1n) is 6.46. The summed E-state index contributed by atoms with van der Waals surface area (Å²) in [6.45, 7) is 2.17. The fourth-order valence-electron chi connectivity index (χ4n) is 2.26. The van der Waals surface area contributed by atoms with Gasteiger partial charge in [0.05, 0.1) is 6.20 Å². The van der Waals surface area contributed by atoms with Crippen LogP contribution in [-0.2, 0) is 6.42 Å². The van der Waals surface area contributed by atoms with E-state index < -0.39 is 0 Å². The molecule has 2 aromatic heterocycles. The Balaban J connectivity index is 1.63. The van der Waals surface area contributed by atoms with Crippen LogP contribution in [0.5, 0.6) is 0 Å². The zero-order chi connectivity index (χ0) is 13.1. The predicted octanol–water partition coefficient (Wildman–Crippen LogP) is 1.81. The molecule has 6 heteroatoms. The van der Waals surface area contributed by atoms with E-state index in [1.165, 1.54) is 12.5 Å². The van der Waals surface area contributed by atoms with Gasteiger partial charge in [-0.1, -0.05) is 5.16 Å². The van der Waals surface area contributed by atoms with Crippen molar-refractivity contribution < 1.29 is 8.91 Å². The first-order chi connectivity index (χ1) is 9.31. The van der Waals surface area contributed by atoms with Gasteiger partial charge in [0.25, 0.3) is 0 Å². The lowest BCUT2D eigenvalue weighted by Gasteiger charge is -2.03. The highest BCUT2D eigenvalue weighted by molar-refractivity contribution is 5.47. The summed E-state index contributed by atoms with van der Waals surface area (Å²) in [5, 5.41) is 7.21. The van der Waals surface area contributed by atoms with E-state index in [-0.39, 0.29) is 5.82 Å². The molecule has 0 bridgehead atoms. The second-order valence-electron chi connectivity index (χ2n) is 4.77. The number of nitrogens with one attached hydrogen (secondary N) is 1. The average molecular weight is 262 g/mol. The van der Waals surface area contributed by atoms with Crippen LogP contribution in [0.3, 0.4) is 0 Å². The fourth-order valence-corrected chi connectivity index (χ4v) is 2.26. The highest BCUT2D eigenvalue weighted by Crippen LogP contribution is 2.17. The van der Waals surface area contributed by atoms with E-state index in [0.29, 0.717) is 23.3 Å². The summed E-state index contributed by atoms with van der Waals surface area (Å²) in [6, 6.07) is 2.88. The maximum atomic E-state index is 12.8. The van der Waals surface area contributed by atoms with Gasteiger partial charge in [-0.15, -0.1) is 0 Å². The van der Waals surface area contributed by atoms with E-state index in [2.05, 4.69) is 20.4 Å². The highest BCUT2D eigenvalue weighted by atomic mass is 19.1. The molecule has 2 aromatic rings. The van der Waals surface area contributed by atoms with Crippen molar-refractivity contribution in [2.45, 2.75) is 19.3 Å². The molecule has 1 unspecified atom stereocenters. The Bertz CT molecular complexity index is 534. The minimum Gasteiger partial charge on any atom is -0.339 e. The summed E-state index contributed by atoms with van der Waals surface area (Å²) in [5.41, 5.74) is 0.527. The molecule has 0 radical (unpaired) electrons. The Morgan fingerprint density at radius 1 is 1.42 bits per heavy atom. The molecular weight excluding hydrogens is 247 g/mol. The summed E-state index contributed by atoms with van der Waals surface area (Å²) >= 11 is 0. The van der Waals surface area contributed by atoms with Crippen molar-refractivity contribution >= 4 is 0 Å². The van der Waals surface area contributed by atoms with Gasteiger partial charge in [-0.3, -0.25) is 0 Å². The van der Waals surface area contributed by atoms with Gasteiger partial charge < -0.3 is 9.84 Å². The molecule has 0 amide bonds. The molecule has 1 fully saturated rings. The predicted molar refractivity (Wildman–Crippen MR) is 66.8 cm³/mol. The van der Waals surface area contributed by atoms with E-state index in [0.717, 1.165) is 32.1 Å². The number of aromatic nitrogens is 3. The van der Waals surface area contributed by atoms with Crippen molar-refractivity contribution in [1.82, 2.24) is 20.4 Å². The summed E-state index contributed by atoms with van der Waals surface area (Å²) in [6.07, 6.45) is 4.18. The first kappa shape index (κ1) is 12.2. The second kappa shape index (κ2) is 5.44. The van der Waals surface area contributed by atoms with Crippen molar-refractivity contribution in [1.29, 1.82) is 0 Å². The van der Waals surface area contributed by atoms with Crippen LogP contribution in [0.2, 0.25) is 0 Å². The Morgan fingerprint density at radius 2 is 2.37 bits per heavy atom. The quantitative estimate of drug-likeness (QED) is 0.910.